The topological polar surface area (TPSA) is 63.1 Å². The third-order valence-electron chi connectivity index (χ3n) is 3.19. The molecule has 0 aromatic heterocycles. The van der Waals surface area contributed by atoms with Gasteiger partial charge in [0.05, 0.1) is 36.7 Å². The Balaban J connectivity index is 2.24. The largest absolute Gasteiger partial charge is 0.502 e. The first kappa shape index (κ1) is 18.7. The fourth-order valence-corrected chi connectivity index (χ4v) is 2.11. The molecule has 0 unspecified atom stereocenters. The van der Waals surface area contributed by atoms with Crippen molar-refractivity contribution in [3.8, 4) is 17.2 Å². The number of methoxy groups -OCH3 is 2. The molecule has 0 aliphatic heterocycles. The molecule has 0 amide bonds. The number of hydrogen-bond donors (Lipinski definition) is 2. The lowest BCUT2D eigenvalue weighted by atomic mass is 10.2. The van der Waals surface area contributed by atoms with Gasteiger partial charge in [-0.15, -0.1) is 0 Å². The van der Waals surface area contributed by atoms with Crippen LogP contribution in [-0.4, -0.2) is 25.5 Å². The maximum absolute atomic E-state index is 12.7. The van der Waals surface area contributed by atoms with Gasteiger partial charge in [0.2, 0.25) is 5.75 Å². The molecule has 2 aromatic rings. The molecule has 0 aliphatic rings. The second-order valence-electron chi connectivity index (χ2n) is 4.84. The van der Waals surface area contributed by atoms with Crippen molar-refractivity contribution < 1.29 is 27.8 Å². The van der Waals surface area contributed by atoms with Gasteiger partial charge in [0.25, 0.3) is 0 Å². The van der Waals surface area contributed by atoms with Crippen LogP contribution in [0, 0.1) is 0 Å². The number of anilines is 1. The zero-order chi connectivity index (χ0) is 18.6. The van der Waals surface area contributed by atoms with E-state index in [0.717, 1.165) is 18.2 Å². The standard InChI is InChI=1S/C16H14ClF3N2O3/c1-24-13-5-9(6-14(25-2)15(13)23)8-21-22-12-7-10(16(18,19)20)3-4-11(12)17/h3-8,22-23H,1-2H3/b21-8-. The van der Waals surface area contributed by atoms with Crippen LogP contribution in [0.4, 0.5) is 18.9 Å². The Hall–Kier alpha value is -2.61. The van der Waals surface area contributed by atoms with E-state index in [1.165, 1.54) is 32.6 Å². The molecular weight excluding hydrogens is 361 g/mol. The summed E-state index contributed by atoms with van der Waals surface area (Å²) >= 11 is 5.87. The summed E-state index contributed by atoms with van der Waals surface area (Å²) in [6.07, 6.45) is -3.16. The van der Waals surface area contributed by atoms with Gasteiger partial charge in [-0.05, 0) is 30.3 Å². The average Bonchev–Trinajstić information content (AvgIpc) is 2.56. The molecule has 2 N–H and O–H groups in total. The number of alkyl halides is 3. The second kappa shape index (κ2) is 7.52. The fraction of sp³-hybridized carbons (Fsp3) is 0.188. The maximum atomic E-state index is 12.7. The van der Waals surface area contributed by atoms with Crippen LogP contribution in [0.5, 0.6) is 17.2 Å². The van der Waals surface area contributed by atoms with Gasteiger partial charge in [0.1, 0.15) is 0 Å². The number of aromatic hydroxyl groups is 1. The highest BCUT2D eigenvalue weighted by molar-refractivity contribution is 6.33. The summed E-state index contributed by atoms with van der Waals surface area (Å²) in [4.78, 5) is 0. The molecule has 9 heteroatoms. The molecule has 0 spiro atoms. The van der Waals surface area contributed by atoms with Crippen molar-refractivity contribution in [3.63, 3.8) is 0 Å². The fourth-order valence-electron chi connectivity index (χ4n) is 1.95. The Kier molecular flexibility index (Phi) is 5.63. The van der Waals surface area contributed by atoms with E-state index < -0.39 is 11.7 Å². The summed E-state index contributed by atoms with van der Waals surface area (Å²) in [5, 5.41) is 13.8. The number of hydrazone groups is 1. The predicted octanol–water partition coefficient (Wildman–Crippen LogP) is 4.53. The molecule has 2 rings (SSSR count). The number of phenolic OH excluding ortho intramolecular Hbond substituents is 1. The predicted molar refractivity (Wildman–Crippen MR) is 88.9 cm³/mol. The Bertz CT molecular complexity index is 770. The SMILES string of the molecule is COc1cc(/C=N\Nc2cc(C(F)(F)F)ccc2Cl)cc(OC)c1O. The second-order valence-corrected chi connectivity index (χ2v) is 5.24. The highest BCUT2D eigenvalue weighted by atomic mass is 35.5. The third kappa shape index (κ3) is 4.48. The first-order chi connectivity index (χ1) is 11.8. The van der Waals surface area contributed by atoms with Crippen LogP contribution in [0.3, 0.4) is 0 Å². The molecular formula is C16H14ClF3N2O3. The van der Waals surface area contributed by atoms with E-state index in [0.29, 0.717) is 5.56 Å². The highest BCUT2D eigenvalue weighted by Crippen LogP contribution is 2.37. The summed E-state index contributed by atoms with van der Waals surface area (Å²) < 4.78 is 48.2. The molecule has 0 bridgehead atoms. The molecule has 5 nitrogen and oxygen atoms in total. The van der Waals surface area contributed by atoms with Gasteiger partial charge in [0.15, 0.2) is 11.5 Å². The molecule has 2 aromatic carbocycles. The molecule has 0 saturated carbocycles. The average molecular weight is 375 g/mol. The number of benzene rings is 2. The van der Waals surface area contributed by atoms with Crippen LogP contribution in [0.1, 0.15) is 11.1 Å². The molecule has 134 valence electrons. The van der Waals surface area contributed by atoms with Gasteiger partial charge in [-0.1, -0.05) is 11.6 Å². The minimum atomic E-state index is -4.48. The highest BCUT2D eigenvalue weighted by Gasteiger charge is 2.30. The number of phenols is 1. The molecule has 0 aliphatic carbocycles. The van der Waals surface area contributed by atoms with Crippen molar-refractivity contribution >= 4 is 23.5 Å². The van der Waals surface area contributed by atoms with Crippen LogP contribution in [0.2, 0.25) is 5.02 Å². The van der Waals surface area contributed by atoms with Crippen molar-refractivity contribution in [2.24, 2.45) is 5.10 Å². The van der Waals surface area contributed by atoms with Crippen LogP contribution in [0.15, 0.2) is 35.4 Å². The van der Waals surface area contributed by atoms with Crippen molar-refractivity contribution in [1.82, 2.24) is 0 Å². The summed E-state index contributed by atoms with van der Waals surface area (Å²) in [7, 11) is 2.74. The zero-order valence-corrected chi connectivity index (χ0v) is 13.9. The number of hydrogen-bond acceptors (Lipinski definition) is 5. The summed E-state index contributed by atoms with van der Waals surface area (Å²) in [6.45, 7) is 0. The Morgan fingerprint density at radius 3 is 2.24 bits per heavy atom. The van der Waals surface area contributed by atoms with Crippen molar-refractivity contribution in [2.45, 2.75) is 6.18 Å². The monoisotopic (exact) mass is 374 g/mol. The van der Waals surface area contributed by atoms with Crippen LogP contribution in [-0.2, 0) is 6.18 Å². The lowest BCUT2D eigenvalue weighted by Crippen LogP contribution is -2.05. The third-order valence-corrected chi connectivity index (χ3v) is 3.52. The number of halogens is 4. The van der Waals surface area contributed by atoms with E-state index in [-0.39, 0.29) is 28.0 Å². The molecule has 0 atom stereocenters. The Labute approximate surface area is 146 Å². The minimum Gasteiger partial charge on any atom is -0.502 e. The first-order valence-electron chi connectivity index (χ1n) is 6.87. The van der Waals surface area contributed by atoms with E-state index >= 15 is 0 Å². The summed E-state index contributed by atoms with van der Waals surface area (Å²) in [5.41, 5.74) is 2.11. The zero-order valence-electron chi connectivity index (χ0n) is 13.2. The minimum absolute atomic E-state index is 0.00505. The van der Waals surface area contributed by atoms with E-state index in [1.54, 1.807) is 0 Å². The van der Waals surface area contributed by atoms with Crippen molar-refractivity contribution in [1.29, 1.82) is 0 Å². The van der Waals surface area contributed by atoms with Gasteiger partial charge in [-0.3, -0.25) is 5.43 Å². The molecule has 0 radical (unpaired) electrons. The number of nitrogens with zero attached hydrogens (tertiary/aromatic N) is 1. The molecule has 0 heterocycles. The van der Waals surface area contributed by atoms with E-state index in [4.69, 9.17) is 21.1 Å². The van der Waals surface area contributed by atoms with Crippen LogP contribution in [0.25, 0.3) is 0 Å². The van der Waals surface area contributed by atoms with E-state index in [1.807, 2.05) is 0 Å². The van der Waals surface area contributed by atoms with Crippen molar-refractivity contribution in [3.05, 3.63) is 46.5 Å². The number of nitrogens with one attached hydrogen (secondary N) is 1. The summed E-state index contributed by atoms with van der Waals surface area (Å²) in [5.74, 6) is 0.159. The normalized spacial score (nSPS) is 11.6. The lowest BCUT2D eigenvalue weighted by Gasteiger charge is -2.10. The van der Waals surface area contributed by atoms with E-state index in [2.05, 4.69) is 10.5 Å². The Morgan fingerprint density at radius 1 is 1.12 bits per heavy atom. The molecule has 0 saturated heterocycles. The van der Waals surface area contributed by atoms with Crippen molar-refractivity contribution in [2.75, 3.05) is 19.6 Å². The van der Waals surface area contributed by atoms with E-state index in [9.17, 15) is 18.3 Å². The number of rotatable bonds is 5. The van der Waals surface area contributed by atoms with Gasteiger partial charge in [0, 0.05) is 5.56 Å². The van der Waals surface area contributed by atoms with Gasteiger partial charge < -0.3 is 14.6 Å². The molecule has 25 heavy (non-hydrogen) atoms. The maximum Gasteiger partial charge on any atom is 0.416 e. The first-order valence-corrected chi connectivity index (χ1v) is 7.25. The van der Waals surface area contributed by atoms with Gasteiger partial charge in [-0.25, -0.2) is 0 Å². The smallest absolute Gasteiger partial charge is 0.416 e. The quantitative estimate of drug-likeness (QED) is 0.596. The lowest BCUT2D eigenvalue weighted by molar-refractivity contribution is -0.137. The van der Waals surface area contributed by atoms with Crippen LogP contribution < -0.4 is 14.9 Å². The van der Waals surface area contributed by atoms with Crippen LogP contribution >= 0.6 is 11.6 Å². The molecule has 0 fully saturated rings. The van der Waals surface area contributed by atoms with Gasteiger partial charge in [-0.2, -0.15) is 18.3 Å². The summed E-state index contributed by atoms with van der Waals surface area (Å²) in [6, 6.07) is 5.84. The Morgan fingerprint density at radius 2 is 1.72 bits per heavy atom. The van der Waals surface area contributed by atoms with Gasteiger partial charge >= 0.3 is 6.18 Å². The number of ether oxygens (including phenoxy) is 2.